The van der Waals surface area contributed by atoms with Crippen LogP contribution in [0.15, 0.2) is 22.7 Å². The van der Waals surface area contributed by atoms with Crippen molar-refractivity contribution < 1.29 is 0 Å². The minimum Gasteiger partial charge on any atom is -0.374 e. The fraction of sp³-hybridized carbons (Fsp3) is 0.600. The van der Waals surface area contributed by atoms with E-state index in [1.54, 1.807) is 0 Å². The van der Waals surface area contributed by atoms with Gasteiger partial charge in [0.15, 0.2) is 0 Å². The van der Waals surface area contributed by atoms with Crippen molar-refractivity contribution in [3.05, 3.63) is 28.2 Å². The van der Waals surface area contributed by atoms with Crippen LogP contribution in [-0.4, -0.2) is 45.2 Å². The summed E-state index contributed by atoms with van der Waals surface area (Å²) in [6, 6.07) is 6.64. The summed E-state index contributed by atoms with van der Waals surface area (Å²) in [6.07, 6.45) is 2.07. The molecule has 0 saturated heterocycles. The second-order valence-corrected chi connectivity index (χ2v) is 6.45. The number of nitrogens with two attached hydrogens (primary N) is 1. The first-order valence-corrected chi connectivity index (χ1v) is 7.59. The van der Waals surface area contributed by atoms with E-state index in [2.05, 4.69) is 72.0 Å². The second kappa shape index (κ2) is 7.88. The quantitative estimate of drug-likeness (QED) is 0.835. The van der Waals surface area contributed by atoms with E-state index in [0.717, 1.165) is 30.4 Å². The van der Waals surface area contributed by atoms with E-state index in [4.69, 9.17) is 5.73 Å². The molecule has 19 heavy (non-hydrogen) atoms. The molecule has 0 bridgehead atoms. The lowest BCUT2D eigenvalue weighted by molar-refractivity contribution is 0.401. The Balaban J connectivity index is 2.74. The topological polar surface area (TPSA) is 32.5 Å². The highest BCUT2D eigenvalue weighted by atomic mass is 79.9. The molecule has 0 amide bonds. The van der Waals surface area contributed by atoms with Gasteiger partial charge in [-0.1, -0.05) is 15.9 Å². The first kappa shape index (κ1) is 16.5. The van der Waals surface area contributed by atoms with Gasteiger partial charge in [-0.15, -0.1) is 0 Å². The predicted molar refractivity (Wildman–Crippen MR) is 87.9 cm³/mol. The van der Waals surface area contributed by atoms with Crippen LogP contribution in [0, 0.1) is 0 Å². The Morgan fingerprint density at radius 2 is 1.89 bits per heavy atom. The number of nitrogens with zero attached hydrogens (tertiary/aromatic N) is 2. The van der Waals surface area contributed by atoms with Gasteiger partial charge in [0.05, 0.1) is 0 Å². The molecule has 0 aliphatic heterocycles. The Morgan fingerprint density at radius 3 is 2.47 bits per heavy atom. The molecule has 1 aromatic carbocycles. The molecule has 1 unspecified atom stereocenters. The van der Waals surface area contributed by atoms with E-state index in [0.29, 0.717) is 0 Å². The number of anilines is 1. The average molecular weight is 328 g/mol. The van der Waals surface area contributed by atoms with Crippen molar-refractivity contribution in [2.24, 2.45) is 5.73 Å². The van der Waals surface area contributed by atoms with Crippen molar-refractivity contribution in [2.75, 3.05) is 39.1 Å². The van der Waals surface area contributed by atoms with Gasteiger partial charge in [-0.05, 0) is 64.2 Å². The maximum Gasteiger partial charge on any atom is 0.0397 e. The van der Waals surface area contributed by atoms with E-state index in [9.17, 15) is 0 Å². The summed E-state index contributed by atoms with van der Waals surface area (Å²) in [4.78, 5) is 4.55. The van der Waals surface area contributed by atoms with Gasteiger partial charge in [0.2, 0.25) is 0 Å². The van der Waals surface area contributed by atoms with Gasteiger partial charge in [0, 0.05) is 29.8 Å². The second-order valence-electron chi connectivity index (χ2n) is 5.53. The zero-order valence-corrected chi connectivity index (χ0v) is 14.1. The van der Waals surface area contributed by atoms with Crippen molar-refractivity contribution in [3.63, 3.8) is 0 Å². The molecule has 0 radical (unpaired) electrons. The van der Waals surface area contributed by atoms with Gasteiger partial charge < -0.3 is 15.5 Å². The van der Waals surface area contributed by atoms with Crippen molar-refractivity contribution >= 4 is 21.6 Å². The summed E-state index contributed by atoms with van der Waals surface area (Å²) in [6.45, 7) is 4.23. The Hall–Kier alpha value is -0.580. The largest absolute Gasteiger partial charge is 0.374 e. The fourth-order valence-corrected chi connectivity index (χ4v) is 2.59. The maximum absolute atomic E-state index is 5.94. The third-order valence-corrected chi connectivity index (χ3v) is 3.59. The molecule has 2 N–H and O–H groups in total. The van der Waals surface area contributed by atoms with Crippen LogP contribution >= 0.6 is 15.9 Å². The molecule has 0 heterocycles. The lowest BCUT2D eigenvalue weighted by Gasteiger charge is -2.24. The third kappa shape index (κ3) is 5.93. The summed E-state index contributed by atoms with van der Waals surface area (Å²) in [5.74, 6) is 0. The number of rotatable bonds is 7. The van der Waals surface area contributed by atoms with Crippen LogP contribution in [-0.2, 0) is 6.42 Å². The van der Waals surface area contributed by atoms with E-state index in [-0.39, 0.29) is 6.04 Å². The monoisotopic (exact) mass is 327 g/mol. The first-order valence-electron chi connectivity index (χ1n) is 6.80. The Kier molecular flexibility index (Phi) is 6.83. The number of benzene rings is 1. The molecule has 4 heteroatoms. The molecular weight excluding hydrogens is 302 g/mol. The molecule has 3 nitrogen and oxygen atoms in total. The van der Waals surface area contributed by atoms with E-state index in [1.165, 1.54) is 11.3 Å². The van der Waals surface area contributed by atoms with Gasteiger partial charge in [-0.25, -0.2) is 0 Å². The van der Waals surface area contributed by atoms with Gasteiger partial charge in [0.1, 0.15) is 0 Å². The van der Waals surface area contributed by atoms with Crippen LogP contribution in [0.2, 0.25) is 0 Å². The molecule has 0 fully saturated rings. The molecule has 0 aliphatic rings. The van der Waals surface area contributed by atoms with Gasteiger partial charge in [-0.2, -0.15) is 0 Å². The summed E-state index contributed by atoms with van der Waals surface area (Å²) in [7, 11) is 6.38. The molecular formula is C15H26BrN3. The van der Waals surface area contributed by atoms with Crippen LogP contribution in [0.5, 0.6) is 0 Å². The lowest BCUT2D eigenvalue weighted by atomic mass is 10.0. The Morgan fingerprint density at radius 1 is 1.21 bits per heavy atom. The summed E-state index contributed by atoms with van der Waals surface area (Å²) < 4.78 is 1.12. The highest BCUT2D eigenvalue weighted by Crippen LogP contribution is 2.25. The summed E-state index contributed by atoms with van der Waals surface area (Å²) in [5, 5.41) is 0. The van der Waals surface area contributed by atoms with Crippen molar-refractivity contribution in [1.29, 1.82) is 0 Å². The van der Waals surface area contributed by atoms with E-state index >= 15 is 0 Å². The zero-order chi connectivity index (χ0) is 14.4. The van der Waals surface area contributed by atoms with Gasteiger partial charge in [0.25, 0.3) is 0 Å². The van der Waals surface area contributed by atoms with Crippen molar-refractivity contribution in [1.82, 2.24) is 4.90 Å². The number of hydrogen-bond acceptors (Lipinski definition) is 3. The lowest BCUT2D eigenvalue weighted by Crippen LogP contribution is -2.25. The molecule has 0 aromatic heterocycles. The molecule has 0 saturated carbocycles. The summed E-state index contributed by atoms with van der Waals surface area (Å²) in [5.41, 5.74) is 8.55. The van der Waals surface area contributed by atoms with Crippen LogP contribution in [0.25, 0.3) is 0 Å². The first-order chi connectivity index (χ1) is 8.90. The van der Waals surface area contributed by atoms with Gasteiger partial charge in [-0.3, -0.25) is 0 Å². The summed E-state index contributed by atoms with van der Waals surface area (Å²) >= 11 is 3.54. The van der Waals surface area contributed by atoms with Crippen molar-refractivity contribution in [3.8, 4) is 0 Å². The van der Waals surface area contributed by atoms with Crippen LogP contribution < -0.4 is 10.6 Å². The predicted octanol–water partition coefficient (Wildman–Crippen LogP) is 2.73. The highest BCUT2D eigenvalue weighted by Gasteiger charge is 2.09. The zero-order valence-electron chi connectivity index (χ0n) is 12.5. The van der Waals surface area contributed by atoms with Crippen molar-refractivity contribution in [2.45, 2.75) is 25.8 Å². The maximum atomic E-state index is 5.94. The van der Waals surface area contributed by atoms with E-state index in [1.807, 2.05) is 0 Å². The number of hydrogen-bond donors (Lipinski definition) is 1. The number of halogens is 1. The van der Waals surface area contributed by atoms with Crippen LogP contribution in [0.1, 0.15) is 18.9 Å². The standard InChI is InChI=1S/C15H26BrN3/c1-12(17)10-13-11-14(16)6-7-15(13)19(4)9-5-8-18(2)3/h6-7,11-12H,5,8-10,17H2,1-4H3. The molecule has 108 valence electrons. The van der Waals surface area contributed by atoms with E-state index < -0.39 is 0 Å². The minimum atomic E-state index is 0.184. The smallest absolute Gasteiger partial charge is 0.0397 e. The fourth-order valence-electron chi connectivity index (χ4n) is 2.18. The average Bonchev–Trinajstić information content (AvgIpc) is 2.27. The molecule has 1 atom stereocenters. The normalized spacial score (nSPS) is 12.8. The SMILES string of the molecule is CC(N)Cc1cc(Br)ccc1N(C)CCCN(C)C. The highest BCUT2D eigenvalue weighted by molar-refractivity contribution is 9.10. The molecule has 0 spiro atoms. The van der Waals surface area contributed by atoms with Gasteiger partial charge >= 0.3 is 0 Å². The van der Waals surface area contributed by atoms with Crippen LogP contribution in [0.3, 0.4) is 0 Å². The Labute approximate surface area is 125 Å². The minimum absolute atomic E-state index is 0.184. The third-order valence-electron chi connectivity index (χ3n) is 3.09. The molecule has 1 aromatic rings. The molecule has 1 rings (SSSR count). The Bertz CT molecular complexity index is 391. The van der Waals surface area contributed by atoms with Crippen LogP contribution in [0.4, 0.5) is 5.69 Å². The molecule has 0 aliphatic carbocycles.